The first kappa shape index (κ1) is 17.8. The van der Waals surface area contributed by atoms with Crippen LogP contribution < -0.4 is 9.64 Å². The van der Waals surface area contributed by atoms with Crippen molar-refractivity contribution < 1.29 is 14.3 Å². The van der Waals surface area contributed by atoms with Crippen LogP contribution in [0.15, 0.2) is 48.5 Å². The molecule has 3 heterocycles. The summed E-state index contributed by atoms with van der Waals surface area (Å²) in [7, 11) is 3.66. The number of carbonyl (C=O) groups excluding carboxylic acids is 2. The second kappa shape index (κ2) is 6.09. The van der Waals surface area contributed by atoms with Gasteiger partial charge in [0.2, 0.25) is 11.8 Å². The van der Waals surface area contributed by atoms with Crippen molar-refractivity contribution in [1.29, 1.82) is 0 Å². The molecule has 0 radical (unpaired) electrons. The number of carbonyl (C=O) groups is 2. The number of anilines is 1. The molecule has 0 unspecified atom stereocenters. The summed E-state index contributed by atoms with van der Waals surface area (Å²) in [6, 6.07) is 15.4. The highest BCUT2D eigenvalue weighted by Crippen LogP contribution is 2.68. The quantitative estimate of drug-likeness (QED) is 0.744. The van der Waals surface area contributed by atoms with Crippen LogP contribution in [0.2, 0.25) is 0 Å². The SMILES string of the molecule is CCS[C@@]12c3ccccc3[C@@H]([C@@H]3C(=O)N(c4ccc(OC)cc4)C(=O)[C@H]31)N2C. The predicted molar refractivity (Wildman–Crippen MR) is 109 cm³/mol. The number of hydrogen-bond acceptors (Lipinski definition) is 5. The normalized spacial score (nSPS) is 30.7. The average Bonchev–Trinajstić information content (AvgIpc) is 3.23. The summed E-state index contributed by atoms with van der Waals surface area (Å²) in [4.78, 5) is 30.3. The van der Waals surface area contributed by atoms with Gasteiger partial charge >= 0.3 is 0 Å². The number of rotatable bonds is 4. The molecule has 0 aliphatic carbocycles. The Morgan fingerprint density at radius 1 is 1.07 bits per heavy atom. The van der Waals surface area contributed by atoms with Gasteiger partial charge in [0, 0.05) is 6.04 Å². The maximum absolute atomic E-state index is 13.6. The topological polar surface area (TPSA) is 49.9 Å². The molecule has 5 nitrogen and oxygen atoms in total. The molecular weight excluding hydrogens is 372 g/mol. The Balaban J connectivity index is 1.64. The first-order chi connectivity index (χ1) is 13.6. The fourth-order valence-electron chi connectivity index (χ4n) is 5.40. The van der Waals surface area contributed by atoms with Gasteiger partial charge < -0.3 is 4.74 Å². The molecule has 2 aromatic carbocycles. The van der Waals surface area contributed by atoms with Gasteiger partial charge in [0.15, 0.2) is 0 Å². The smallest absolute Gasteiger partial charge is 0.240 e. The molecule has 2 bridgehead atoms. The van der Waals surface area contributed by atoms with Gasteiger partial charge in [-0.1, -0.05) is 31.2 Å². The van der Waals surface area contributed by atoms with Crippen molar-refractivity contribution in [3.05, 3.63) is 59.7 Å². The largest absolute Gasteiger partial charge is 0.497 e. The van der Waals surface area contributed by atoms with E-state index in [4.69, 9.17) is 4.74 Å². The minimum atomic E-state index is -0.478. The molecule has 144 valence electrons. The highest BCUT2D eigenvalue weighted by molar-refractivity contribution is 8.00. The van der Waals surface area contributed by atoms with E-state index in [1.54, 1.807) is 43.1 Å². The van der Waals surface area contributed by atoms with E-state index in [9.17, 15) is 9.59 Å². The Morgan fingerprint density at radius 2 is 1.79 bits per heavy atom. The predicted octanol–water partition coefficient (Wildman–Crippen LogP) is 3.41. The summed E-state index contributed by atoms with van der Waals surface area (Å²) < 4.78 is 5.21. The van der Waals surface area contributed by atoms with Gasteiger partial charge in [-0.25, -0.2) is 4.90 Å². The van der Waals surface area contributed by atoms with Crippen LogP contribution in [0.3, 0.4) is 0 Å². The average molecular weight is 394 g/mol. The first-order valence-corrected chi connectivity index (χ1v) is 10.5. The van der Waals surface area contributed by atoms with Crippen molar-refractivity contribution in [3.8, 4) is 5.75 Å². The summed E-state index contributed by atoms with van der Waals surface area (Å²) in [5.74, 6) is 0.687. The van der Waals surface area contributed by atoms with E-state index in [-0.39, 0.29) is 29.7 Å². The van der Waals surface area contributed by atoms with E-state index < -0.39 is 4.87 Å². The Hall–Kier alpha value is -2.31. The van der Waals surface area contributed by atoms with Gasteiger partial charge in [-0.3, -0.25) is 14.5 Å². The second-order valence-electron chi connectivity index (χ2n) is 7.49. The molecule has 2 saturated heterocycles. The first-order valence-electron chi connectivity index (χ1n) is 9.54. The van der Waals surface area contributed by atoms with Crippen molar-refractivity contribution in [1.82, 2.24) is 4.90 Å². The summed E-state index contributed by atoms with van der Waals surface area (Å²) in [6.45, 7) is 2.11. The highest BCUT2D eigenvalue weighted by Gasteiger charge is 2.73. The van der Waals surface area contributed by atoms with Crippen LogP contribution in [0.25, 0.3) is 0 Å². The number of ether oxygens (including phenoxy) is 1. The monoisotopic (exact) mass is 394 g/mol. The standard InChI is InChI=1S/C22H22N2O3S/c1-4-28-22-16-8-6-5-7-15(16)19(23(22)2)17-18(22)21(26)24(20(17)25)13-9-11-14(27-3)12-10-13/h5-12,17-19H,4H2,1-3H3/t17-,18+,19+,22+/m1/s1. The fraction of sp³-hybridized carbons (Fsp3) is 0.364. The number of nitrogens with zero attached hydrogens (tertiary/aromatic N) is 2. The molecule has 2 aromatic rings. The molecular formula is C22H22N2O3S. The molecule has 0 saturated carbocycles. The lowest BCUT2D eigenvalue weighted by atomic mass is 9.77. The van der Waals surface area contributed by atoms with Crippen molar-refractivity contribution >= 4 is 29.3 Å². The molecule has 28 heavy (non-hydrogen) atoms. The lowest BCUT2D eigenvalue weighted by Gasteiger charge is -2.37. The number of fused-ring (bicyclic) bond motifs is 8. The molecule has 2 fully saturated rings. The van der Waals surface area contributed by atoms with E-state index in [1.165, 1.54) is 16.0 Å². The number of imide groups is 1. The van der Waals surface area contributed by atoms with Gasteiger partial charge in [-0.15, -0.1) is 11.8 Å². The van der Waals surface area contributed by atoms with Crippen molar-refractivity contribution in [2.75, 3.05) is 24.8 Å². The molecule has 5 rings (SSSR count). The van der Waals surface area contributed by atoms with Crippen LogP contribution >= 0.6 is 11.8 Å². The van der Waals surface area contributed by atoms with Gasteiger partial charge in [0.05, 0.1) is 24.6 Å². The fourth-order valence-corrected chi connectivity index (χ4v) is 6.93. The van der Waals surface area contributed by atoms with Crippen molar-refractivity contribution in [2.45, 2.75) is 17.8 Å². The zero-order valence-electron chi connectivity index (χ0n) is 16.1. The Kier molecular flexibility index (Phi) is 3.87. The molecule has 6 heteroatoms. The molecule has 0 aromatic heterocycles. The van der Waals surface area contributed by atoms with Crippen LogP contribution in [-0.2, 0) is 14.5 Å². The number of methoxy groups -OCH3 is 1. The number of hydrogen-bond donors (Lipinski definition) is 0. The van der Waals surface area contributed by atoms with Gasteiger partial charge in [-0.2, -0.15) is 0 Å². The third-order valence-corrected chi connectivity index (χ3v) is 7.91. The molecule has 0 N–H and O–H groups in total. The second-order valence-corrected chi connectivity index (χ2v) is 8.97. The Labute approximate surface area is 168 Å². The van der Waals surface area contributed by atoms with Gasteiger partial charge in [-0.05, 0) is 48.2 Å². The number of thioether (sulfide) groups is 1. The van der Waals surface area contributed by atoms with Gasteiger partial charge in [0.25, 0.3) is 0 Å². The van der Waals surface area contributed by atoms with Crippen LogP contribution in [-0.4, -0.2) is 36.6 Å². The molecule has 4 atom stereocenters. The zero-order valence-corrected chi connectivity index (χ0v) is 16.9. The summed E-state index contributed by atoms with van der Waals surface area (Å²) in [5, 5.41) is 0. The molecule has 2 amide bonds. The number of amides is 2. The van der Waals surface area contributed by atoms with Crippen LogP contribution in [0, 0.1) is 11.8 Å². The van der Waals surface area contributed by atoms with E-state index in [1.807, 2.05) is 12.1 Å². The van der Waals surface area contributed by atoms with Gasteiger partial charge in [0.1, 0.15) is 10.6 Å². The maximum Gasteiger partial charge on any atom is 0.240 e. The van der Waals surface area contributed by atoms with Crippen LogP contribution in [0.5, 0.6) is 5.75 Å². The van der Waals surface area contributed by atoms with Crippen molar-refractivity contribution in [3.63, 3.8) is 0 Å². The van der Waals surface area contributed by atoms with Crippen LogP contribution in [0.4, 0.5) is 5.69 Å². The minimum Gasteiger partial charge on any atom is -0.497 e. The Bertz CT molecular complexity index is 976. The van der Waals surface area contributed by atoms with Crippen molar-refractivity contribution in [2.24, 2.45) is 11.8 Å². The zero-order chi connectivity index (χ0) is 19.6. The number of benzene rings is 2. The highest BCUT2D eigenvalue weighted by atomic mass is 32.2. The summed E-state index contributed by atoms with van der Waals surface area (Å²) in [6.07, 6.45) is 0. The Morgan fingerprint density at radius 3 is 2.46 bits per heavy atom. The summed E-state index contributed by atoms with van der Waals surface area (Å²) >= 11 is 1.77. The van der Waals surface area contributed by atoms with Crippen LogP contribution in [0.1, 0.15) is 24.1 Å². The molecule has 3 aliphatic heterocycles. The minimum absolute atomic E-state index is 0.0556. The maximum atomic E-state index is 13.6. The molecule has 3 aliphatic rings. The van der Waals surface area contributed by atoms with E-state index in [0.29, 0.717) is 11.4 Å². The third-order valence-electron chi connectivity index (χ3n) is 6.41. The third kappa shape index (κ3) is 1.97. The van der Waals surface area contributed by atoms with E-state index in [2.05, 4.69) is 31.0 Å². The molecule has 0 spiro atoms. The van der Waals surface area contributed by atoms with E-state index in [0.717, 1.165) is 5.75 Å². The lowest BCUT2D eigenvalue weighted by Crippen LogP contribution is -2.43. The van der Waals surface area contributed by atoms with E-state index >= 15 is 0 Å². The summed E-state index contributed by atoms with van der Waals surface area (Å²) in [5.41, 5.74) is 2.99. The lowest BCUT2D eigenvalue weighted by molar-refractivity contribution is -0.124.